The Balaban J connectivity index is 0.00000161. The summed E-state index contributed by atoms with van der Waals surface area (Å²) in [5.74, 6) is 0.157. The van der Waals surface area contributed by atoms with Crippen molar-refractivity contribution in [3.05, 3.63) is 48.3 Å². The van der Waals surface area contributed by atoms with E-state index in [1.807, 2.05) is 41.4 Å². The van der Waals surface area contributed by atoms with Crippen molar-refractivity contribution < 1.29 is 4.79 Å². The number of hydrogen-bond acceptors (Lipinski definition) is 3. The molecule has 2 N–H and O–H groups in total. The van der Waals surface area contributed by atoms with Crippen LogP contribution in [0.25, 0.3) is 5.69 Å². The quantitative estimate of drug-likeness (QED) is 0.932. The highest BCUT2D eigenvalue weighted by Gasteiger charge is 2.23. The van der Waals surface area contributed by atoms with E-state index in [-0.39, 0.29) is 24.4 Å². The number of amides is 1. The van der Waals surface area contributed by atoms with Crippen molar-refractivity contribution in [2.24, 2.45) is 5.73 Å². The summed E-state index contributed by atoms with van der Waals surface area (Å²) in [6, 6.07) is 9.93. The molecule has 1 aromatic carbocycles. The predicted octanol–water partition coefficient (Wildman–Crippen LogP) is 1.40. The van der Waals surface area contributed by atoms with Crippen LogP contribution >= 0.6 is 12.4 Å². The average Bonchev–Trinajstić information content (AvgIpc) is 3.10. The number of carbonyl (C=O) groups excluding carboxylic acids is 1. The summed E-state index contributed by atoms with van der Waals surface area (Å²) in [6.45, 7) is 1.47. The summed E-state index contributed by atoms with van der Waals surface area (Å²) in [5, 5.41) is 4.18. The molecule has 0 saturated carbocycles. The van der Waals surface area contributed by atoms with Crippen molar-refractivity contribution in [2.75, 3.05) is 13.1 Å². The van der Waals surface area contributed by atoms with Crippen LogP contribution in [-0.4, -0.2) is 39.7 Å². The van der Waals surface area contributed by atoms with Crippen LogP contribution in [0.4, 0.5) is 0 Å². The first-order valence-corrected chi connectivity index (χ1v) is 6.85. The van der Waals surface area contributed by atoms with Gasteiger partial charge in [0.25, 0.3) is 0 Å². The summed E-state index contributed by atoms with van der Waals surface area (Å²) < 4.78 is 1.80. The summed E-state index contributed by atoms with van der Waals surface area (Å²) in [4.78, 5) is 14.0. The molecule has 5 nitrogen and oxygen atoms in total. The van der Waals surface area contributed by atoms with Gasteiger partial charge in [0.15, 0.2) is 0 Å². The standard InChI is InChI=1S/C15H18N4O.ClH/c16-13-6-9-18(11-13)15(20)10-12-2-4-14(5-3-12)19-8-1-7-17-19;/h1-5,7-8,13H,6,9-11,16H2;1H/t13-;/m1./s1. The zero-order chi connectivity index (χ0) is 13.9. The number of aromatic nitrogens is 2. The maximum Gasteiger partial charge on any atom is 0.227 e. The fraction of sp³-hybridized carbons (Fsp3) is 0.333. The second-order valence-electron chi connectivity index (χ2n) is 5.18. The average molecular weight is 307 g/mol. The fourth-order valence-electron chi connectivity index (χ4n) is 2.49. The molecule has 1 aromatic heterocycles. The summed E-state index contributed by atoms with van der Waals surface area (Å²) in [7, 11) is 0. The van der Waals surface area contributed by atoms with E-state index in [4.69, 9.17) is 5.73 Å². The summed E-state index contributed by atoms with van der Waals surface area (Å²) in [6.07, 6.45) is 4.98. The number of nitrogens with zero attached hydrogens (tertiary/aromatic N) is 3. The van der Waals surface area contributed by atoms with Gasteiger partial charge in [0.05, 0.1) is 12.1 Å². The van der Waals surface area contributed by atoms with Crippen molar-refractivity contribution in [1.29, 1.82) is 0 Å². The van der Waals surface area contributed by atoms with Crippen LogP contribution in [0, 0.1) is 0 Å². The normalized spacial score (nSPS) is 17.6. The van der Waals surface area contributed by atoms with Gasteiger partial charge >= 0.3 is 0 Å². The minimum atomic E-state index is 0. The van der Waals surface area contributed by atoms with Gasteiger partial charge in [-0.2, -0.15) is 5.10 Å². The van der Waals surface area contributed by atoms with Crippen LogP contribution in [0.15, 0.2) is 42.7 Å². The minimum absolute atomic E-state index is 0. The Bertz CT molecular complexity index is 582. The Hall–Kier alpha value is -1.85. The molecular weight excluding hydrogens is 288 g/mol. The van der Waals surface area contributed by atoms with Crippen LogP contribution in [0.1, 0.15) is 12.0 Å². The number of likely N-dealkylation sites (tertiary alicyclic amines) is 1. The predicted molar refractivity (Wildman–Crippen MR) is 83.7 cm³/mol. The lowest BCUT2D eigenvalue weighted by molar-refractivity contribution is -0.129. The van der Waals surface area contributed by atoms with E-state index in [1.54, 1.807) is 10.9 Å². The third-order valence-electron chi connectivity index (χ3n) is 3.64. The maximum absolute atomic E-state index is 12.1. The highest BCUT2D eigenvalue weighted by atomic mass is 35.5. The molecule has 1 fully saturated rings. The van der Waals surface area contributed by atoms with Crippen molar-refractivity contribution in [3.8, 4) is 5.69 Å². The topological polar surface area (TPSA) is 64.2 Å². The zero-order valence-corrected chi connectivity index (χ0v) is 12.5. The molecule has 1 aliphatic heterocycles. The molecule has 1 amide bonds. The van der Waals surface area contributed by atoms with E-state index in [0.29, 0.717) is 13.0 Å². The molecule has 0 unspecified atom stereocenters. The lowest BCUT2D eigenvalue weighted by Gasteiger charge is -2.15. The van der Waals surface area contributed by atoms with Crippen LogP contribution < -0.4 is 5.73 Å². The summed E-state index contributed by atoms with van der Waals surface area (Å²) in [5.41, 5.74) is 7.84. The largest absolute Gasteiger partial charge is 0.341 e. The molecule has 1 atom stereocenters. The molecular formula is C15H19ClN4O. The van der Waals surface area contributed by atoms with Crippen molar-refractivity contribution in [2.45, 2.75) is 18.9 Å². The van der Waals surface area contributed by atoms with Crippen LogP contribution in [0.3, 0.4) is 0 Å². The molecule has 1 saturated heterocycles. The Morgan fingerprint density at radius 1 is 1.33 bits per heavy atom. The molecule has 0 bridgehead atoms. The SMILES string of the molecule is Cl.N[C@@H]1CCN(C(=O)Cc2ccc(-n3cccn3)cc2)C1. The number of halogens is 1. The van der Waals surface area contributed by atoms with Gasteiger partial charge in [-0.1, -0.05) is 12.1 Å². The van der Waals surface area contributed by atoms with Gasteiger partial charge in [0.2, 0.25) is 5.91 Å². The molecule has 1 aliphatic rings. The second-order valence-corrected chi connectivity index (χ2v) is 5.18. The van der Waals surface area contributed by atoms with E-state index in [1.165, 1.54) is 0 Å². The lowest BCUT2D eigenvalue weighted by atomic mass is 10.1. The number of rotatable bonds is 3. The monoisotopic (exact) mass is 306 g/mol. The van der Waals surface area contributed by atoms with Crippen molar-refractivity contribution >= 4 is 18.3 Å². The molecule has 112 valence electrons. The van der Waals surface area contributed by atoms with Crippen LogP contribution in [0.5, 0.6) is 0 Å². The van der Waals surface area contributed by atoms with Crippen molar-refractivity contribution in [1.82, 2.24) is 14.7 Å². The van der Waals surface area contributed by atoms with Gasteiger partial charge in [-0.3, -0.25) is 4.79 Å². The highest BCUT2D eigenvalue weighted by molar-refractivity contribution is 5.85. The molecule has 6 heteroatoms. The third kappa shape index (κ3) is 3.62. The smallest absolute Gasteiger partial charge is 0.227 e. The summed E-state index contributed by atoms with van der Waals surface area (Å²) >= 11 is 0. The Kier molecular flexibility index (Phi) is 4.98. The van der Waals surface area contributed by atoms with E-state index < -0.39 is 0 Å². The Labute approximate surface area is 130 Å². The van der Waals surface area contributed by atoms with E-state index in [0.717, 1.165) is 24.2 Å². The van der Waals surface area contributed by atoms with E-state index >= 15 is 0 Å². The number of carbonyl (C=O) groups is 1. The molecule has 2 aromatic rings. The second kappa shape index (κ2) is 6.74. The Morgan fingerprint density at radius 3 is 2.67 bits per heavy atom. The van der Waals surface area contributed by atoms with Gasteiger partial charge in [0.1, 0.15) is 0 Å². The number of nitrogens with two attached hydrogens (primary N) is 1. The first-order chi connectivity index (χ1) is 9.72. The molecule has 0 aliphatic carbocycles. The van der Waals surface area contributed by atoms with E-state index in [9.17, 15) is 4.79 Å². The Morgan fingerprint density at radius 2 is 2.10 bits per heavy atom. The lowest BCUT2D eigenvalue weighted by Crippen LogP contribution is -2.32. The van der Waals surface area contributed by atoms with Crippen LogP contribution in [0.2, 0.25) is 0 Å². The number of hydrogen-bond donors (Lipinski definition) is 1. The highest BCUT2D eigenvalue weighted by Crippen LogP contribution is 2.12. The first kappa shape index (κ1) is 15.5. The van der Waals surface area contributed by atoms with Gasteiger partial charge in [-0.25, -0.2) is 4.68 Å². The first-order valence-electron chi connectivity index (χ1n) is 6.85. The molecule has 21 heavy (non-hydrogen) atoms. The number of benzene rings is 1. The maximum atomic E-state index is 12.1. The molecule has 2 heterocycles. The van der Waals surface area contributed by atoms with Gasteiger partial charge in [0, 0.05) is 31.5 Å². The van der Waals surface area contributed by atoms with Gasteiger partial charge in [-0.15, -0.1) is 12.4 Å². The minimum Gasteiger partial charge on any atom is -0.341 e. The van der Waals surface area contributed by atoms with E-state index in [2.05, 4.69) is 5.10 Å². The third-order valence-corrected chi connectivity index (χ3v) is 3.64. The molecule has 3 rings (SSSR count). The molecule has 0 spiro atoms. The molecule has 0 radical (unpaired) electrons. The van der Waals surface area contributed by atoms with Gasteiger partial charge in [-0.05, 0) is 30.2 Å². The zero-order valence-electron chi connectivity index (χ0n) is 11.7. The fourth-order valence-corrected chi connectivity index (χ4v) is 2.49. The van der Waals surface area contributed by atoms with Gasteiger partial charge < -0.3 is 10.6 Å². The van der Waals surface area contributed by atoms with Crippen LogP contribution in [-0.2, 0) is 11.2 Å². The van der Waals surface area contributed by atoms with Crippen molar-refractivity contribution in [3.63, 3.8) is 0 Å².